The number of hydrogen-bond donors (Lipinski definition) is 0. The lowest BCUT2D eigenvalue weighted by Crippen LogP contribution is -2.48. The summed E-state index contributed by atoms with van der Waals surface area (Å²) in [6.07, 6.45) is 1.39. The first-order chi connectivity index (χ1) is 14.3. The number of halogens is 1. The molecule has 6 nitrogen and oxygen atoms in total. The second-order valence-electron chi connectivity index (χ2n) is 7.50. The Labute approximate surface area is 189 Å². The highest BCUT2D eigenvalue weighted by atomic mass is 79.9. The van der Waals surface area contributed by atoms with Gasteiger partial charge >= 0.3 is 0 Å². The van der Waals surface area contributed by atoms with E-state index in [1.807, 2.05) is 0 Å². The minimum atomic E-state index is -3.53. The maximum absolute atomic E-state index is 12.9. The highest BCUT2D eigenvalue weighted by Crippen LogP contribution is 2.33. The van der Waals surface area contributed by atoms with Crippen molar-refractivity contribution in [3.63, 3.8) is 0 Å². The van der Waals surface area contributed by atoms with E-state index in [0.29, 0.717) is 30.8 Å². The van der Waals surface area contributed by atoms with Crippen LogP contribution in [0.1, 0.15) is 16.7 Å². The smallest absolute Gasteiger partial charge is 0.244 e. The van der Waals surface area contributed by atoms with Crippen LogP contribution in [0, 0.1) is 20.8 Å². The van der Waals surface area contributed by atoms with Crippen molar-refractivity contribution in [1.29, 1.82) is 0 Å². The number of benzene rings is 1. The van der Waals surface area contributed by atoms with Crippen LogP contribution >= 0.6 is 27.3 Å². The Balaban J connectivity index is 1.49. The topological polar surface area (TPSA) is 66.4 Å². The van der Waals surface area contributed by atoms with Crippen LogP contribution in [0.25, 0.3) is 11.3 Å². The molecule has 4 rings (SSSR count). The molecule has 0 saturated carbocycles. The summed E-state index contributed by atoms with van der Waals surface area (Å²) in [5, 5.41) is 3.03. The van der Waals surface area contributed by atoms with Crippen molar-refractivity contribution in [1.82, 2.24) is 14.3 Å². The first-order valence-electron chi connectivity index (χ1n) is 9.66. The van der Waals surface area contributed by atoms with E-state index in [1.54, 1.807) is 23.5 Å². The second-order valence-corrected chi connectivity index (χ2v) is 11.1. The normalized spacial score (nSPS) is 15.5. The Hall–Kier alpha value is -1.81. The van der Waals surface area contributed by atoms with E-state index in [1.165, 1.54) is 32.8 Å². The molecule has 0 radical (unpaired) electrons. The monoisotopic (exact) mass is 506 g/mol. The minimum absolute atomic E-state index is 0.223. The molecule has 30 heavy (non-hydrogen) atoms. The molecule has 1 fully saturated rings. The van der Waals surface area contributed by atoms with Gasteiger partial charge in [-0.3, -0.25) is 0 Å². The maximum Gasteiger partial charge on any atom is 0.244 e. The van der Waals surface area contributed by atoms with Crippen LogP contribution < -0.4 is 4.90 Å². The Morgan fingerprint density at radius 3 is 2.30 bits per heavy atom. The van der Waals surface area contributed by atoms with Crippen LogP contribution in [0.15, 0.2) is 45.3 Å². The quantitative estimate of drug-likeness (QED) is 0.490. The van der Waals surface area contributed by atoms with Crippen molar-refractivity contribution in [2.24, 2.45) is 0 Å². The Bertz CT molecular complexity index is 1140. The fourth-order valence-electron chi connectivity index (χ4n) is 3.89. The Kier molecular flexibility index (Phi) is 5.98. The average molecular weight is 507 g/mol. The summed E-state index contributed by atoms with van der Waals surface area (Å²) in [6.45, 7) is 8.42. The van der Waals surface area contributed by atoms with Crippen LogP contribution in [0.4, 0.5) is 5.13 Å². The van der Waals surface area contributed by atoms with Gasteiger partial charge < -0.3 is 4.90 Å². The predicted molar refractivity (Wildman–Crippen MR) is 125 cm³/mol. The number of piperazine rings is 1. The number of rotatable bonds is 4. The van der Waals surface area contributed by atoms with Gasteiger partial charge in [0.2, 0.25) is 10.0 Å². The lowest BCUT2D eigenvalue weighted by molar-refractivity contribution is 0.384. The zero-order valence-electron chi connectivity index (χ0n) is 17.1. The van der Waals surface area contributed by atoms with Crippen molar-refractivity contribution in [2.45, 2.75) is 25.7 Å². The molecule has 3 aromatic rings. The maximum atomic E-state index is 12.9. The zero-order chi connectivity index (χ0) is 21.5. The van der Waals surface area contributed by atoms with Crippen molar-refractivity contribution in [2.75, 3.05) is 31.1 Å². The van der Waals surface area contributed by atoms with Crippen molar-refractivity contribution < 1.29 is 8.42 Å². The number of hydrogen-bond acceptors (Lipinski definition) is 6. The largest absolute Gasteiger partial charge is 0.345 e. The molecule has 9 heteroatoms. The van der Waals surface area contributed by atoms with Crippen molar-refractivity contribution in [3.05, 3.63) is 57.1 Å². The highest BCUT2D eigenvalue weighted by molar-refractivity contribution is 9.10. The van der Waals surface area contributed by atoms with Crippen LogP contribution in [-0.4, -0.2) is 48.9 Å². The molecule has 0 N–H and O–H groups in total. The molecule has 158 valence electrons. The fourth-order valence-corrected chi connectivity index (χ4v) is 6.36. The molecule has 0 bridgehead atoms. The van der Waals surface area contributed by atoms with E-state index in [4.69, 9.17) is 4.98 Å². The lowest BCUT2D eigenvalue weighted by Gasteiger charge is -2.33. The predicted octanol–water partition coefficient (Wildman–Crippen LogP) is 4.40. The molecule has 1 aliphatic heterocycles. The summed E-state index contributed by atoms with van der Waals surface area (Å²) in [6, 6.07) is 7.59. The van der Waals surface area contributed by atoms with Crippen LogP contribution in [-0.2, 0) is 10.0 Å². The van der Waals surface area contributed by atoms with Crippen LogP contribution in [0.5, 0.6) is 0 Å². The first-order valence-corrected chi connectivity index (χ1v) is 12.8. The summed E-state index contributed by atoms with van der Waals surface area (Å²) in [4.78, 5) is 11.3. The van der Waals surface area contributed by atoms with E-state index < -0.39 is 10.0 Å². The third-order valence-corrected chi connectivity index (χ3v) is 8.53. The van der Waals surface area contributed by atoms with Gasteiger partial charge in [-0.1, -0.05) is 17.7 Å². The van der Waals surface area contributed by atoms with E-state index in [9.17, 15) is 8.42 Å². The standard InChI is InChI=1S/C21H23BrN4O2S2/c1-14-10-15(2)20(16(3)11-14)18-13-29-21(24-18)25-6-8-26(9-7-25)30(27,28)17-4-5-19(22)23-12-17/h4-5,10-13H,6-9H2,1-3H3. The van der Waals surface area contributed by atoms with E-state index in [-0.39, 0.29) is 4.90 Å². The van der Waals surface area contributed by atoms with E-state index >= 15 is 0 Å². The van der Waals surface area contributed by atoms with Gasteiger partial charge in [0, 0.05) is 43.3 Å². The molecule has 0 unspecified atom stereocenters. The minimum Gasteiger partial charge on any atom is -0.345 e. The number of pyridine rings is 1. The van der Waals surface area contributed by atoms with Gasteiger partial charge in [0.1, 0.15) is 9.50 Å². The summed E-state index contributed by atoms with van der Waals surface area (Å²) >= 11 is 4.85. The van der Waals surface area contributed by atoms with Gasteiger partial charge in [-0.05, 0) is 60.0 Å². The fraction of sp³-hybridized carbons (Fsp3) is 0.333. The summed E-state index contributed by atoms with van der Waals surface area (Å²) in [5.74, 6) is 0. The van der Waals surface area contributed by atoms with E-state index in [0.717, 1.165) is 10.8 Å². The van der Waals surface area contributed by atoms with Crippen molar-refractivity contribution >= 4 is 42.4 Å². The molecule has 2 aromatic heterocycles. The van der Waals surface area contributed by atoms with Gasteiger partial charge in [0.05, 0.1) is 5.69 Å². The third-order valence-electron chi connectivity index (χ3n) is 5.27. The van der Waals surface area contributed by atoms with Crippen LogP contribution in [0.2, 0.25) is 0 Å². The summed E-state index contributed by atoms with van der Waals surface area (Å²) in [5.41, 5.74) is 5.88. The SMILES string of the molecule is Cc1cc(C)c(-c2csc(N3CCN(S(=O)(=O)c4ccc(Br)nc4)CC3)n2)c(C)c1. The molecule has 3 heterocycles. The summed E-state index contributed by atoms with van der Waals surface area (Å²) < 4.78 is 27.9. The van der Waals surface area contributed by atoms with Gasteiger partial charge in [0.25, 0.3) is 0 Å². The van der Waals surface area contributed by atoms with Gasteiger partial charge in [0.15, 0.2) is 5.13 Å². The molecular formula is C21H23BrN4O2S2. The Morgan fingerprint density at radius 1 is 1.03 bits per heavy atom. The molecule has 0 aliphatic carbocycles. The molecule has 1 aromatic carbocycles. The lowest BCUT2D eigenvalue weighted by atomic mass is 9.98. The zero-order valence-corrected chi connectivity index (χ0v) is 20.3. The van der Waals surface area contributed by atoms with Crippen LogP contribution in [0.3, 0.4) is 0 Å². The number of nitrogens with zero attached hydrogens (tertiary/aromatic N) is 4. The van der Waals surface area contributed by atoms with Gasteiger partial charge in [-0.2, -0.15) is 4.31 Å². The third kappa shape index (κ3) is 4.16. The number of anilines is 1. The molecule has 1 aliphatic rings. The van der Waals surface area contributed by atoms with Gasteiger partial charge in [-0.15, -0.1) is 11.3 Å². The molecule has 0 atom stereocenters. The number of aryl methyl sites for hydroxylation is 3. The molecular weight excluding hydrogens is 484 g/mol. The second kappa shape index (κ2) is 8.37. The van der Waals surface area contributed by atoms with Crippen molar-refractivity contribution in [3.8, 4) is 11.3 Å². The van der Waals surface area contributed by atoms with E-state index in [2.05, 4.69) is 64.1 Å². The van der Waals surface area contributed by atoms with Gasteiger partial charge in [-0.25, -0.2) is 18.4 Å². The number of thiazole rings is 1. The Morgan fingerprint density at radius 2 is 1.70 bits per heavy atom. The number of sulfonamides is 1. The number of aromatic nitrogens is 2. The highest BCUT2D eigenvalue weighted by Gasteiger charge is 2.29. The molecule has 0 amide bonds. The molecule has 0 spiro atoms. The average Bonchev–Trinajstić information content (AvgIpc) is 3.17. The first kappa shape index (κ1) is 21.4. The summed E-state index contributed by atoms with van der Waals surface area (Å²) in [7, 11) is -3.53. The molecule has 1 saturated heterocycles.